The summed E-state index contributed by atoms with van der Waals surface area (Å²) >= 11 is 0. The molecule has 4 heteroatoms. The average Bonchev–Trinajstić information content (AvgIpc) is 1.82. The molecule has 0 aromatic heterocycles. The first-order valence-electron chi connectivity index (χ1n) is 4.24. The third-order valence-electron chi connectivity index (χ3n) is 2.03. The van der Waals surface area contributed by atoms with E-state index in [1.54, 1.807) is 0 Å². The summed E-state index contributed by atoms with van der Waals surface area (Å²) in [5.41, 5.74) is 5.22. The molecule has 3 N–H and O–H groups in total. The second kappa shape index (κ2) is 3.87. The first-order chi connectivity index (χ1) is 5.61. The maximum atomic E-state index is 10.9. The highest BCUT2D eigenvalue weighted by atomic mass is 16.5. The Balaban J connectivity index is 2.36. The molecule has 0 spiro atoms. The fraction of sp³-hybridized carbons (Fsp3) is 0.875. The van der Waals surface area contributed by atoms with Crippen LogP contribution >= 0.6 is 0 Å². The second-order valence-corrected chi connectivity index (χ2v) is 3.53. The smallest absolute Gasteiger partial charge is 0.234 e. The van der Waals surface area contributed by atoms with Crippen molar-refractivity contribution in [3.63, 3.8) is 0 Å². The number of hydrogen-bond donors (Lipinski definition) is 2. The number of ether oxygens (including phenoxy) is 1. The van der Waals surface area contributed by atoms with Crippen molar-refractivity contribution in [2.24, 2.45) is 11.7 Å². The molecule has 0 aliphatic carbocycles. The zero-order chi connectivity index (χ0) is 9.14. The van der Waals surface area contributed by atoms with Crippen LogP contribution in [-0.4, -0.2) is 31.2 Å². The molecule has 0 aromatic rings. The Bertz CT molecular complexity index is 166. The lowest BCUT2D eigenvalue weighted by Crippen LogP contribution is -2.56. The number of carbonyl (C=O) groups excluding carboxylic acids is 1. The van der Waals surface area contributed by atoms with Crippen molar-refractivity contribution in [3.8, 4) is 0 Å². The van der Waals surface area contributed by atoms with Crippen LogP contribution in [0.4, 0.5) is 0 Å². The van der Waals surface area contributed by atoms with Crippen LogP contribution in [0.15, 0.2) is 0 Å². The molecule has 70 valence electrons. The summed E-state index contributed by atoms with van der Waals surface area (Å²) in [5.74, 6) is -0.0417. The van der Waals surface area contributed by atoms with Gasteiger partial charge >= 0.3 is 0 Å². The van der Waals surface area contributed by atoms with Crippen LogP contribution in [0.25, 0.3) is 0 Å². The van der Waals surface area contributed by atoms with Crippen LogP contribution in [0.2, 0.25) is 0 Å². The maximum absolute atomic E-state index is 10.9. The van der Waals surface area contributed by atoms with E-state index in [-0.39, 0.29) is 17.9 Å². The summed E-state index contributed by atoms with van der Waals surface area (Å²) in [6, 6.07) is 0.0869. The normalized spacial score (nSPS) is 20.6. The zero-order valence-corrected chi connectivity index (χ0v) is 7.54. The lowest BCUT2D eigenvalue weighted by atomic mass is 10.0. The van der Waals surface area contributed by atoms with E-state index in [1.807, 2.05) is 13.8 Å². The predicted molar refractivity (Wildman–Crippen MR) is 45.6 cm³/mol. The zero-order valence-electron chi connectivity index (χ0n) is 7.54. The van der Waals surface area contributed by atoms with Gasteiger partial charge in [-0.3, -0.25) is 10.1 Å². The van der Waals surface area contributed by atoms with Crippen LogP contribution in [0.5, 0.6) is 0 Å². The maximum Gasteiger partial charge on any atom is 0.234 e. The van der Waals surface area contributed by atoms with E-state index in [1.165, 1.54) is 0 Å². The second-order valence-electron chi connectivity index (χ2n) is 3.53. The molecule has 0 saturated carbocycles. The Hall–Kier alpha value is -0.610. The number of amides is 1. The third kappa shape index (κ3) is 2.19. The molecule has 1 rings (SSSR count). The quantitative estimate of drug-likeness (QED) is 0.600. The predicted octanol–water partition coefficient (Wildman–Crippen LogP) is -0.515. The molecule has 0 aromatic carbocycles. The van der Waals surface area contributed by atoms with Gasteiger partial charge in [-0.1, -0.05) is 13.8 Å². The minimum absolute atomic E-state index is 0.223. The van der Waals surface area contributed by atoms with Crippen molar-refractivity contribution < 1.29 is 9.53 Å². The third-order valence-corrected chi connectivity index (χ3v) is 2.03. The van der Waals surface area contributed by atoms with Gasteiger partial charge in [-0.05, 0) is 5.92 Å². The van der Waals surface area contributed by atoms with Gasteiger partial charge in [0.2, 0.25) is 5.91 Å². The highest BCUT2D eigenvalue weighted by Gasteiger charge is 2.26. The monoisotopic (exact) mass is 172 g/mol. The summed E-state index contributed by atoms with van der Waals surface area (Å²) in [5, 5.41) is 3.15. The number of hydrogen-bond acceptors (Lipinski definition) is 3. The van der Waals surface area contributed by atoms with E-state index < -0.39 is 0 Å². The molecule has 0 bridgehead atoms. The highest BCUT2D eigenvalue weighted by Crippen LogP contribution is 2.06. The van der Waals surface area contributed by atoms with Crippen LogP contribution in [0.3, 0.4) is 0 Å². The average molecular weight is 172 g/mol. The molecule has 1 aliphatic rings. The standard InChI is InChI=1S/C8H16N2O2/c1-5(2)7(8(9)11)10-6-3-12-4-6/h5-7,10H,3-4H2,1-2H3,(H2,9,11). The van der Waals surface area contributed by atoms with Crippen LogP contribution in [0, 0.1) is 5.92 Å². The number of nitrogens with two attached hydrogens (primary N) is 1. The topological polar surface area (TPSA) is 64.3 Å². The molecule has 1 heterocycles. The van der Waals surface area contributed by atoms with Crippen molar-refractivity contribution in [3.05, 3.63) is 0 Å². The van der Waals surface area contributed by atoms with Gasteiger partial charge in [0.15, 0.2) is 0 Å². The summed E-state index contributed by atoms with van der Waals surface area (Å²) in [6.45, 7) is 5.33. The van der Waals surface area contributed by atoms with Gasteiger partial charge in [-0.15, -0.1) is 0 Å². The van der Waals surface area contributed by atoms with Gasteiger partial charge in [-0.25, -0.2) is 0 Å². The fourth-order valence-corrected chi connectivity index (χ4v) is 1.19. The Morgan fingerprint density at radius 1 is 1.58 bits per heavy atom. The van der Waals surface area contributed by atoms with Crippen LogP contribution in [-0.2, 0) is 9.53 Å². The van der Waals surface area contributed by atoms with Gasteiger partial charge in [0.05, 0.1) is 25.3 Å². The number of nitrogens with one attached hydrogen (secondary N) is 1. The summed E-state index contributed by atoms with van der Waals surface area (Å²) in [4.78, 5) is 10.9. The van der Waals surface area contributed by atoms with Gasteiger partial charge in [0, 0.05) is 0 Å². The van der Waals surface area contributed by atoms with E-state index in [0.29, 0.717) is 19.3 Å². The van der Waals surface area contributed by atoms with E-state index in [2.05, 4.69) is 5.32 Å². The van der Waals surface area contributed by atoms with Crippen LogP contribution in [0.1, 0.15) is 13.8 Å². The van der Waals surface area contributed by atoms with Crippen molar-refractivity contribution in [1.82, 2.24) is 5.32 Å². The molecular formula is C8H16N2O2. The molecule has 12 heavy (non-hydrogen) atoms. The lowest BCUT2D eigenvalue weighted by Gasteiger charge is -2.31. The van der Waals surface area contributed by atoms with Crippen LogP contribution < -0.4 is 11.1 Å². The number of carbonyl (C=O) groups is 1. The van der Waals surface area contributed by atoms with Crippen molar-refractivity contribution >= 4 is 5.91 Å². The fourth-order valence-electron chi connectivity index (χ4n) is 1.19. The summed E-state index contributed by atoms with van der Waals surface area (Å²) in [6.07, 6.45) is 0. The molecule has 1 atom stereocenters. The van der Waals surface area contributed by atoms with E-state index >= 15 is 0 Å². The molecule has 1 unspecified atom stereocenters. The highest BCUT2D eigenvalue weighted by molar-refractivity contribution is 5.80. The van der Waals surface area contributed by atoms with Crippen molar-refractivity contribution in [1.29, 1.82) is 0 Å². The minimum Gasteiger partial charge on any atom is -0.378 e. The lowest BCUT2D eigenvalue weighted by molar-refractivity contribution is -0.122. The molecule has 4 nitrogen and oxygen atoms in total. The first-order valence-corrected chi connectivity index (χ1v) is 4.24. The molecule has 1 saturated heterocycles. The number of rotatable bonds is 4. The van der Waals surface area contributed by atoms with E-state index in [9.17, 15) is 4.79 Å². The summed E-state index contributed by atoms with van der Waals surface area (Å²) in [7, 11) is 0. The first kappa shape index (κ1) is 9.48. The number of primary amides is 1. The van der Waals surface area contributed by atoms with Gasteiger partial charge in [-0.2, -0.15) is 0 Å². The van der Waals surface area contributed by atoms with E-state index in [0.717, 1.165) is 0 Å². The van der Waals surface area contributed by atoms with Crippen molar-refractivity contribution in [2.45, 2.75) is 25.9 Å². The minimum atomic E-state index is -0.281. The van der Waals surface area contributed by atoms with Gasteiger partial charge in [0.1, 0.15) is 0 Å². The Labute approximate surface area is 72.5 Å². The van der Waals surface area contributed by atoms with E-state index in [4.69, 9.17) is 10.5 Å². The Morgan fingerprint density at radius 2 is 2.17 bits per heavy atom. The molecular weight excluding hydrogens is 156 g/mol. The SMILES string of the molecule is CC(C)C(NC1COC1)C(N)=O. The summed E-state index contributed by atoms with van der Waals surface area (Å²) < 4.78 is 4.98. The molecule has 1 amide bonds. The molecule has 0 radical (unpaired) electrons. The Morgan fingerprint density at radius 3 is 2.42 bits per heavy atom. The van der Waals surface area contributed by atoms with Crippen molar-refractivity contribution in [2.75, 3.05) is 13.2 Å². The van der Waals surface area contributed by atoms with Gasteiger partial charge in [0.25, 0.3) is 0 Å². The molecule has 1 fully saturated rings. The Kier molecular flexibility index (Phi) is 3.05. The molecule has 1 aliphatic heterocycles. The largest absolute Gasteiger partial charge is 0.378 e. The van der Waals surface area contributed by atoms with Gasteiger partial charge < -0.3 is 10.5 Å².